The van der Waals surface area contributed by atoms with Crippen LogP contribution in [0, 0.1) is 0 Å². The summed E-state index contributed by atoms with van der Waals surface area (Å²) in [5.41, 5.74) is 9.23. The van der Waals surface area contributed by atoms with Crippen LogP contribution < -0.4 is 15.8 Å². The molecule has 0 saturated carbocycles. The second-order valence-electron chi connectivity index (χ2n) is 5.85. The van der Waals surface area contributed by atoms with Gasteiger partial charge in [-0.25, -0.2) is 15.0 Å². The first-order chi connectivity index (χ1) is 12.7. The van der Waals surface area contributed by atoms with Crippen molar-refractivity contribution in [1.29, 1.82) is 0 Å². The number of nitrogen functional groups attached to an aromatic ring is 1. The van der Waals surface area contributed by atoms with Crippen molar-refractivity contribution in [1.82, 2.24) is 25.3 Å². The minimum Gasteiger partial charge on any atom is -0.480 e. The summed E-state index contributed by atoms with van der Waals surface area (Å²) in [5, 5.41) is 3.01. The molecule has 1 amide bonds. The molecule has 3 aromatic rings. The molecule has 2 aromatic heterocycles. The van der Waals surface area contributed by atoms with Crippen molar-refractivity contribution in [3.05, 3.63) is 59.7 Å². The number of anilines is 1. The van der Waals surface area contributed by atoms with E-state index in [1.54, 1.807) is 19.5 Å². The van der Waals surface area contributed by atoms with Gasteiger partial charge in [-0.15, -0.1) is 0 Å². The summed E-state index contributed by atoms with van der Waals surface area (Å²) in [6.45, 7) is 0. The fourth-order valence-electron chi connectivity index (χ4n) is 3.06. The first-order valence-corrected chi connectivity index (χ1v) is 8.03. The minimum atomic E-state index is -0.256. The third kappa shape index (κ3) is 2.81. The molecule has 8 nitrogen and oxygen atoms in total. The first kappa shape index (κ1) is 15.9. The van der Waals surface area contributed by atoms with Gasteiger partial charge >= 0.3 is 0 Å². The molecular weight excluding hydrogens is 332 g/mol. The van der Waals surface area contributed by atoms with Gasteiger partial charge in [0.1, 0.15) is 0 Å². The molecule has 3 heterocycles. The second-order valence-corrected chi connectivity index (χ2v) is 5.85. The highest BCUT2D eigenvalue weighted by molar-refractivity contribution is 5.96. The predicted molar refractivity (Wildman–Crippen MR) is 94.4 cm³/mol. The van der Waals surface area contributed by atoms with Crippen LogP contribution in [0.3, 0.4) is 0 Å². The zero-order valence-electron chi connectivity index (χ0n) is 14.0. The molecule has 130 valence electrons. The second kappa shape index (κ2) is 6.40. The van der Waals surface area contributed by atoms with Crippen molar-refractivity contribution in [3.63, 3.8) is 0 Å². The summed E-state index contributed by atoms with van der Waals surface area (Å²) >= 11 is 0. The summed E-state index contributed by atoms with van der Waals surface area (Å²) in [7, 11) is 1.54. The van der Waals surface area contributed by atoms with Gasteiger partial charge in [0.2, 0.25) is 11.8 Å². The molecule has 0 saturated heterocycles. The predicted octanol–water partition coefficient (Wildman–Crippen LogP) is 1.55. The highest BCUT2D eigenvalue weighted by Gasteiger charge is 2.28. The number of ether oxygens (including phenoxy) is 1. The lowest BCUT2D eigenvalue weighted by molar-refractivity contribution is 0.0923. The Hall–Kier alpha value is -3.55. The third-order valence-corrected chi connectivity index (χ3v) is 4.27. The van der Waals surface area contributed by atoms with E-state index < -0.39 is 0 Å². The van der Waals surface area contributed by atoms with Crippen LogP contribution in [0.2, 0.25) is 0 Å². The molecule has 8 heteroatoms. The van der Waals surface area contributed by atoms with Gasteiger partial charge in [-0.1, -0.05) is 24.3 Å². The van der Waals surface area contributed by atoms with Crippen LogP contribution in [0.15, 0.2) is 42.9 Å². The highest BCUT2D eigenvalue weighted by Crippen LogP contribution is 2.32. The quantitative estimate of drug-likeness (QED) is 0.737. The Balaban J connectivity index is 1.76. The first-order valence-electron chi connectivity index (χ1n) is 8.03. The van der Waals surface area contributed by atoms with Crippen molar-refractivity contribution in [2.75, 3.05) is 12.8 Å². The van der Waals surface area contributed by atoms with E-state index >= 15 is 0 Å². The maximum Gasteiger partial charge on any atom is 0.255 e. The number of rotatable bonds is 3. The molecule has 0 fully saturated rings. The number of methoxy groups -OCH3 is 1. The van der Waals surface area contributed by atoms with Gasteiger partial charge in [-0.3, -0.25) is 9.78 Å². The topological polar surface area (TPSA) is 116 Å². The number of fused-ring (bicyclic) bond motifs is 1. The summed E-state index contributed by atoms with van der Waals surface area (Å²) in [5.74, 6) is 0.364. The Labute approximate surface area is 149 Å². The van der Waals surface area contributed by atoms with E-state index in [9.17, 15) is 4.79 Å². The molecule has 4 rings (SSSR count). The molecule has 1 aliphatic rings. The van der Waals surface area contributed by atoms with Gasteiger partial charge in [0.05, 0.1) is 42.5 Å². The van der Waals surface area contributed by atoms with Crippen molar-refractivity contribution in [3.8, 4) is 17.1 Å². The maximum atomic E-state index is 12.4. The zero-order valence-corrected chi connectivity index (χ0v) is 14.0. The van der Waals surface area contributed by atoms with E-state index in [0.717, 1.165) is 11.1 Å². The Kier molecular flexibility index (Phi) is 3.92. The molecule has 0 radical (unpaired) electrons. The van der Waals surface area contributed by atoms with Crippen molar-refractivity contribution in [2.24, 2.45) is 0 Å². The van der Waals surface area contributed by atoms with E-state index in [-0.39, 0.29) is 17.9 Å². The van der Waals surface area contributed by atoms with Gasteiger partial charge in [-0.05, 0) is 5.56 Å². The lowest BCUT2D eigenvalue weighted by Gasteiger charge is -2.26. The number of hydrogen-bond donors (Lipinski definition) is 2. The molecule has 1 aliphatic heterocycles. The average Bonchev–Trinajstić information content (AvgIpc) is 2.67. The lowest BCUT2D eigenvalue weighted by atomic mass is 9.91. The Morgan fingerprint density at radius 2 is 2.00 bits per heavy atom. The van der Waals surface area contributed by atoms with Gasteiger partial charge in [0, 0.05) is 18.2 Å². The number of aromatic nitrogens is 4. The number of hydrogen-bond acceptors (Lipinski definition) is 7. The summed E-state index contributed by atoms with van der Waals surface area (Å²) < 4.78 is 5.16. The van der Waals surface area contributed by atoms with Gasteiger partial charge in [0.15, 0.2) is 0 Å². The molecule has 0 aliphatic carbocycles. The van der Waals surface area contributed by atoms with Crippen LogP contribution in [0.1, 0.15) is 27.7 Å². The standard InChI is InChI=1S/C18H16N6O2/c1-26-16-9-20-8-15(22-16)11-5-3-2-4-10(11)13-6-14-12(17(25)23-13)7-21-18(19)24-14/h2-5,7-9,13H,6H2,1H3,(H,23,25)(H2,19,21,24). The number of amides is 1. The molecule has 3 N–H and O–H groups in total. The number of carbonyl (C=O) groups is 1. The minimum absolute atomic E-state index is 0.157. The molecule has 26 heavy (non-hydrogen) atoms. The molecular formula is C18H16N6O2. The average molecular weight is 348 g/mol. The number of nitrogens with two attached hydrogens (primary N) is 1. The zero-order chi connectivity index (χ0) is 18.1. The molecule has 0 spiro atoms. The van der Waals surface area contributed by atoms with Crippen molar-refractivity contribution < 1.29 is 9.53 Å². The van der Waals surface area contributed by atoms with Crippen LogP contribution in [-0.4, -0.2) is 33.0 Å². The maximum absolute atomic E-state index is 12.4. The van der Waals surface area contributed by atoms with Crippen LogP contribution >= 0.6 is 0 Å². The van der Waals surface area contributed by atoms with E-state index in [1.165, 1.54) is 6.20 Å². The molecule has 1 unspecified atom stereocenters. The van der Waals surface area contributed by atoms with Gasteiger partial charge < -0.3 is 15.8 Å². The number of nitrogens with zero attached hydrogens (tertiary/aromatic N) is 4. The van der Waals surface area contributed by atoms with Crippen LogP contribution in [0.25, 0.3) is 11.3 Å². The van der Waals surface area contributed by atoms with Crippen LogP contribution in [-0.2, 0) is 6.42 Å². The fraction of sp³-hybridized carbons (Fsp3) is 0.167. The SMILES string of the molecule is COc1cncc(-c2ccccc2C2Cc3nc(N)ncc3C(=O)N2)n1. The molecule has 1 aromatic carbocycles. The summed E-state index contributed by atoms with van der Waals surface area (Å²) in [4.78, 5) is 29.2. The Morgan fingerprint density at radius 1 is 1.15 bits per heavy atom. The number of benzene rings is 1. The van der Waals surface area contributed by atoms with Gasteiger partial charge in [-0.2, -0.15) is 0 Å². The normalized spacial score (nSPS) is 15.9. The van der Waals surface area contributed by atoms with E-state index in [1.807, 2.05) is 24.3 Å². The smallest absolute Gasteiger partial charge is 0.255 e. The van der Waals surface area contributed by atoms with E-state index in [0.29, 0.717) is 29.3 Å². The van der Waals surface area contributed by atoms with Crippen LogP contribution in [0.5, 0.6) is 5.88 Å². The Morgan fingerprint density at radius 3 is 2.85 bits per heavy atom. The molecule has 1 atom stereocenters. The van der Waals surface area contributed by atoms with Gasteiger partial charge in [0.25, 0.3) is 5.91 Å². The third-order valence-electron chi connectivity index (χ3n) is 4.27. The fourth-order valence-corrected chi connectivity index (χ4v) is 3.06. The van der Waals surface area contributed by atoms with Crippen LogP contribution in [0.4, 0.5) is 5.95 Å². The highest BCUT2D eigenvalue weighted by atomic mass is 16.5. The molecule has 0 bridgehead atoms. The monoisotopic (exact) mass is 348 g/mol. The largest absolute Gasteiger partial charge is 0.480 e. The summed E-state index contributed by atoms with van der Waals surface area (Å²) in [6, 6.07) is 7.47. The Bertz CT molecular complexity index is 991. The van der Waals surface area contributed by atoms with E-state index in [2.05, 4.69) is 25.3 Å². The lowest BCUT2D eigenvalue weighted by Crippen LogP contribution is -2.36. The van der Waals surface area contributed by atoms with Crippen molar-refractivity contribution >= 4 is 11.9 Å². The van der Waals surface area contributed by atoms with Crippen molar-refractivity contribution in [2.45, 2.75) is 12.5 Å². The van der Waals surface area contributed by atoms with E-state index in [4.69, 9.17) is 10.5 Å². The number of carbonyl (C=O) groups excluding carboxylic acids is 1. The summed E-state index contributed by atoms with van der Waals surface area (Å²) in [6.07, 6.45) is 5.19. The number of nitrogens with one attached hydrogen (secondary N) is 1.